The highest BCUT2D eigenvalue weighted by Crippen LogP contribution is 2.33. The molecular weight excluding hydrogens is 406 g/mol. The highest BCUT2D eigenvalue weighted by molar-refractivity contribution is 5.94. The smallest absolute Gasteiger partial charge is 0.171 e. The predicted octanol–water partition coefficient (Wildman–Crippen LogP) is 3.83. The van der Waals surface area contributed by atoms with Gasteiger partial charge in [0.15, 0.2) is 23.0 Å². The van der Waals surface area contributed by atoms with Crippen LogP contribution in [-0.4, -0.2) is 64.9 Å². The third-order valence-electron chi connectivity index (χ3n) is 5.99. The van der Waals surface area contributed by atoms with Crippen molar-refractivity contribution in [2.24, 2.45) is 0 Å². The molecule has 0 unspecified atom stereocenters. The van der Waals surface area contributed by atoms with Crippen molar-refractivity contribution in [2.45, 2.75) is 19.3 Å². The maximum atomic E-state index is 5.95. The lowest BCUT2D eigenvalue weighted by atomic mass is 10.1. The molecular formula is C24H27N5O3. The minimum Gasteiger partial charge on any atom is -0.493 e. The minimum absolute atomic E-state index is 0.630. The first-order chi connectivity index (χ1) is 15.8. The second-order valence-electron chi connectivity index (χ2n) is 7.96. The number of nitrogens with zero attached hydrogens (tertiary/aromatic N) is 5. The topological polar surface area (TPSA) is 74.0 Å². The Hall–Kier alpha value is -3.39. The van der Waals surface area contributed by atoms with Crippen molar-refractivity contribution in [3.05, 3.63) is 42.7 Å². The molecule has 3 heterocycles. The third-order valence-corrected chi connectivity index (χ3v) is 5.99. The van der Waals surface area contributed by atoms with Gasteiger partial charge >= 0.3 is 0 Å². The Bertz CT molecular complexity index is 1220. The van der Waals surface area contributed by atoms with E-state index in [2.05, 4.69) is 20.1 Å². The lowest BCUT2D eigenvalue weighted by molar-refractivity contribution is 0.183. The van der Waals surface area contributed by atoms with Crippen LogP contribution >= 0.6 is 0 Å². The molecule has 1 aliphatic rings. The van der Waals surface area contributed by atoms with Crippen LogP contribution in [-0.2, 0) is 0 Å². The van der Waals surface area contributed by atoms with Crippen molar-refractivity contribution in [1.29, 1.82) is 0 Å². The Morgan fingerprint density at radius 2 is 1.66 bits per heavy atom. The van der Waals surface area contributed by atoms with E-state index in [0.29, 0.717) is 23.8 Å². The average molecular weight is 434 g/mol. The quantitative estimate of drug-likeness (QED) is 0.439. The molecule has 1 saturated heterocycles. The number of aromatic nitrogens is 4. The van der Waals surface area contributed by atoms with E-state index < -0.39 is 0 Å². The molecule has 0 aliphatic carbocycles. The SMILES string of the molecule is COc1cc2ncn3c(-c4ccc(OCCN5CCCCC5)cc4)nnc3c2cc1OC. The lowest BCUT2D eigenvalue weighted by Gasteiger charge is -2.26. The molecule has 0 radical (unpaired) electrons. The summed E-state index contributed by atoms with van der Waals surface area (Å²) in [5.41, 5.74) is 2.43. The van der Waals surface area contributed by atoms with Gasteiger partial charge in [0, 0.05) is 23.6 Å². The van der Waals surface area contributed by atoms with Gasteiger partial charge in [-0.2, -0.15) is 0 Å². The number of hydrogen-bond donors (Lipinski definition) is 0. The summed E-state index contributed by atoms with van der Waals surface area (Å²) in [4.78, 5) is 7.05. The summed E-state index contributed by atoms with van der Waals surface area (Å²) in [6.45, 7) is 4.05. The number of fused-ring (bicyclic) bond motifs is 3. The summed E-state index contributed by atoms with van der Waals surface area (Å²) in [5, 5.41) is 9.69. The fraction of sp³-hybridized carbons (Fsp3) is 0.375. The fourth-order valence-corrected chi connectivity index (χ4v) is 4.23. The van der Waals surface area contributed by atoms with E-state index in [-0.39, 0.29) is 0 Å². The van der Waals surface area contributed by atoms with E-state index in [1.54, 1.807) is 20.5 Å². The molecule has 0 atom stereocenters. The van der Waals surface area contributed by atoms with Crippen LogP contribution in [0.1, 0.15) is 19.3 Å². The van der Waals surface area contributed by atoms with E-state index in [4.69, 9.17) is 14.2 Å². The monoisotopic (exact) mass is 433 g/mol. The van der Waals surface area contributed by atoms with Gasteiger partial charge in [-0.05, 0) is 56.3 Å². The maximum Gasteiger partial charge on any atom is 0.171 e. The first-order valence-corrected chi connectivity index (χ1v) is 11.0. The maximum absolute atomic E-state index is 5.95. The summed E-state index contributed by atoms with van der Waals surface area (Å²) in [6.07, 6.45) is 5.68. The number of ether oxygens (including phenoxy) is 3. The fourth-order valence-electron chi connectivity index (χ4n) is 4.23. The van der Waals surface area contributed by atoms with E-state index in [1.807, 2.05) is 40.8 Å². The number of likely N-dealkylation sites (tertiary alicyclic amines) is 1. The standard InChI is InChI=1S/C24H27N5O3/c1-30-21-14-19-20(15-22(21)31-2)25-16-29-23(26-27-24(19)29)17-6-8-18(9-7-17)32-13-12-28-10-4-3-5-11-28/h6-9,14-16H,3-5,10-13H2,1-2H3. The Kier molecular flexibility index (Phi) is 5.77. The van der Waals surface area contributed by atoms with Crippen LogP contribution in [0.3, 0.4) is 0 Å². The number of benzene rings is 2. The van der Waals surface area contributed by atoms with E-state index >= 15 is 0 Å². The third kappa shape index (κ3) is 3.93. The Labute approximate surface area is 186 Å². The summed E-state index contributed by atoms with van der Waals surface area (Å²) >= 11 is 0. The lowest BCUT2D eigenvalue weighted by Crippen LogP contribution is -2.33. The van der Waals surface area contributed by atoms with Gasteiger partial charge in [0.1, 0.15) is 18.7 Å². The normalized spacial score (nSPS) is 14.7. The second kappa shape index (κ2) is 9.00. The molecule has 5 rings (SSSR count). The molecule has 0 saturated carbocycles. The molecule has 166 valence electrons. The van der Waals surface area contributed by atoms with Crippen LogP contribution < -0.4 is 14.2 Å². The zero-order valence-corrected chi connectivity index (χ0v) is 18.5. The van der Waals surface area contributed by atoms with Crippen LogP contribution in [0.5, 0.6) is 17.2 Å². The minimum atomic E-state index is 0.630. The summed E-state index contributed by atoms with van der Waals surface area (Å²) < 4.78 is 18.7. The summed E-state index contributed by atoms with van der Waals surface area (Å²) in [5.74, 6) is 2.85. The molecule has 1 aliphatic heterocycles. The second-order valence-corrected chi connectivity index (χ2v) is 7.96. The Morgan fingerprint density at radius 3 is 2.41 bits per heavy atom. The number of piperidine rings is 1. The summed E-state index contributed by atoms with van der Waals surface area (Å²) in [6, 6.07) is 11.7. The highest BCUT2D eigenvalue weighted by atomic mass is 16.5. The van der Waals surface area contributed by atoms with Crippen molar-refractivity contribution in [3.63, 3.8) is 0 Å². The largest absolute Gasteiger partial charge is 0.493 e. The molecule has 8 heteroatoms. The first kappa shape index (κ1) is 20.5. The van der Waals surface area contributed by atoms with Gasteiger partial charge in [-0.25, -0.2) is 4.98 Å². The zero-order chi connectivity index (χ0) is 21.9. The van der Waals surface area contributed by atoms with Gasteiger partial charge in [-0.15, -0.1) is 10.2 Å². The molecule has 0 spiro atoms. The van der Waals surface area contributed by atoms with Gasteiger partial charge in [-0.3, -0.25) is 9.30 Å². The van der Waals surface area contributed by atoms with E-state index in [9.17, 15) is 0 Å². The number of hydrogen-bond acceptors (Lipinski definition) is 7. The molecule has 0 N–H and O–H groups in total. The average Bonchev–Trinajstić information content (AvgIpc) is 3.29. The van der Waals surface area contributed by atoms with Crippen molar-refractivity contribution < 1.29 is 14.2 Å². The van der Waals surface area contributed by atoms with Gasteiger partial charge in [0.25, 0.3) is 0 Å². The van der Waals surface area contributed by atoms with Crippen LogP contribution in [0.15, 0.2) is 42.7 Å². The van der Waals surface area contributed by atoms with Crippen LogP contribution in [0, 0.1) is 0 Å². The molecule has 2 aromatic carbocycles. The van der Waals surface area contributed by atoms with Gasteiger partial charge in [0.05, 0.1) is 19.7 Å². The number of methoxy groups -OCH3 is 2. The van der Waals surface area contributed by atoms with Crippen LogP contribution in [0.4, 0.5) is 0 Å². The zero-order valence-electron chi connectivity index (χ0n) is 18.5. The van der Waals surface area contributed by atoms with Crippen molar-refractivity contribution >= 4 is 16.6 Å². The highest BCUT2D eigenvalue weighted by Gasteiger charge is 2.15. The van der Waals surface area contributed by atoms with Gasteiger partial charge < -0.3 is 14.2 Å². The summed E-state index contributed by atoms with van der Waals surface area (Å²) in [7, 11) is 3.22. The van der Waals surface area contributed by atoms with Gasteiger partial charge in [-0.1, -0.05) is 6.42 Å². The molecule has 0 bridgehead atoms. The van der Waals surface area contributed by atoms with Crippen LogP contribution in [0.2, 0.25) is 0 Å². The molecule has 8 nitrogen and oxygen atoms in total. The molecule has 4 aromatic rings. The van der Waals surface area contributed by atoms with Gasteiger partial charge in [0.2, 0.25) is 0 Å². The van der Waals surface area contributed by atoms with Crippen molar-refractivity contribution in [3.8, 4) is 28.6 Å². The molecule has 1 fully saturated rings. The molecule has 0 amide bonds. The Balaban J connectivity index is 1.36. The Morgan fingerprint density at radius 1 is 0.906 bits per heavy atom. The van der Waals surface area contributed by atoms with Crippen molar-refractivity contribution in [2.75, 3.05) is 40.5 Å². The predicted molar refractivity (Wildman–Crippen MR) is 123 cm³/mol. The first-order valence-electron chi connectivity index (χ1n) is 11.0. The van der Waals surface area contributed by atoms with Crippen LogP contribution in [0.25, 0.3) is 27.9 Å². The van der Waals surface area contributed by atoms with E-state index in [1.165, 1.54) is 32.4 Å². The van der Waals surface area contributed by atoms with Crippen molar-refractivity contribution in [1.82, 2.24) is 24.5 Å². The molecule has 2 aromatic heterocycles. The number of rotatable bonds is 7. The molecule has 32 heavy (non-hydrogen) atoms. The van der Waals surface area contributed by atoms with E-state index in [0.717, 1.165) is 34.6 Å².